The number of methoxy groups -OCH3 is 2. The molecule has 1 aliphatic rings. The first-order chi connectivity index (χ1) is 12.1. The lowest BCUT2D eigenvalue weighted by Gasteiger charge is -2.30. The molecule has 3 aromatic rings. The molecule has 2 atom stereocenters. The predicted octanol–water partition coefficient (Wildman–Crippen LogP) is 3.51. The smallest absolute Gasteiger partial charge is 0.200 e. The summed E-state index contributed by atoms with van der Waals surface area (Å²) in [6.45, 7) is 2.19. The minimum Gasteiger partial charge on any atom is -0.502 e. The maximum atomic E-state index is 10.2. The van der Waals surface area contributed by atoms with Crippen molar-refractivity contribution in [2.75, 3.05) is 14.2 Å². The number of benzene rings is 2. The van der Waals surface area contributed by atoms with E-state index in [4.69, 9.17) is 9.47 Å². The number of nitrogens with one attached hydrogen (secondary N) is 2. The molecule has 0 spiro atoms. The van der Waals surface area contributed by atoms with E-state index in [0.29, 0.717) is 17.5 Å². The highest BCUT2D eigenvalue weighted by atomic mass is 16.5. The van der Waals surface area contributed by atoms with Crippen LogP contribution >= 0.6 is 0 Å². The molecule has 130 valence electrons. The Hall–Kier alpha value is -2.66. The van der Waals surface area contributed by atoms with E-state index < -0.39 is 0 Å². The normalized spacial score (nSPS) is 19.6. The summed E-state index contributed by atoms with van der Waals surface area (Å²) < 4.78 is 10.6. The number of aromatic nitrogens is 1. The average Bonchev–Trinajstić information content (AvgIpc) is 3.00. The number of ether oxygens (including phenoxy) is 2. The fourth-order valence-corrected chi connectivity index (χ4v) is 3.76. The van der Waals surface area contributed by atoms with Crippen LogP contribution in [0, 0.1) is 0 Å². The number of aromatic hydroxyl groups is 1. The maximum absolute atomic E-state index is 10.2. The van der Waals surface area contributed by atoms with Gasteiger partial charge in [-0.25, -0.2) is 0 Å². The Bertz CT molecular complexity index is 907. The highest BCUT2D eigenvalue weighted by Gasteiger charge is 2.30. The summed E-state index contributed by atoms with van der Waals surface area (Å²) in [5.41, 5.74) is 4.64. The number of hydrogen-bond acceptors (Lipinski definition) is 4. The van der Waals surface area contributed by atoms with Gasteiger partial charge in [-0.15, -0.1) is 0 Å². The third-order valence-electron chi connectivity index (χ3n) is 4.93. The molecule has 0 fully saturated rings. The van der Waals surface area contributed by atoms with Gasteiger partial charge >= 0.3 is 0 Å². The number of fused-ring (bicyclic) bond motifs is 3. The lowest BCUT2D eigenvalue weighted by molar-refractivity contribution is 0.337. The Balaban J connectivity index is 1.90. The molecular weight excluding hydrogens is 316 g/mol. The van der Waals surface area contributed by atoms with E-state index in [1.807, 2.05) is 18.2 Å². The van der Waals surface area contributed by atoms with Gasteiger partial charge in [-0.05, 0) is 42.7 Å². The van der Waals surface area contributed by atoms with Crippen LogP contribution in [0.3, 0.4) is 0 Å². The predicted molar refractivity (Wildman–Crippen MR) is 97.7 cm³/mol. The van der Waals surface area contributed by atoms with Crippen LogP contribution in [0.1, 0.15) is 29.8 Å². The quantitative estimate of drug-likeness (QED) is 0.684. The molecule has 5 nitrogen and oxygen atoms in total. The zero-order valence-corrected chi connectivity index (χ0v) is 14.6. The van der Waals surface area contributed by atoms with E-state index in [0.717, 1.165) is 23.2 Å². The monoisotopic (exact) mass is 338 g/mol. The highest BCUT2D eigenvalue weighted by molar-refractivity contribution is 5.85. The van der Waals surface area contributed by atoms with Gasteiger partial charge in [-0.1, -0.05) is 18.2 Å². The van der Waals surface area contributed by atoms with Crippen LogP contribution in [0.2, 0.25) is 0 Å². The largest absolute Gasteiger partial charge is 0.502 e. The number of phenolic OH excluding ortho intramolecular Hbond substituents is 1. The summed E-state index contributed by atoms with van der Waals surface area (Å²) in [4.78, 5) is 3.57. The van der Waals surface area contributed by atoms with Crippen molar-refractivity contribution in [1.29, 1.82) is 0 Å². The lowest BCUT2D eigenvalue weighted by atomic mass is 9.90. The van der Waals surface area contributed by atoms with E-state index >= 15 is 0 Å². The van der Waals surface area contributed by atoms with Crippen LogP contribution in [0.25, 0.3) is 10.9 Å². The van der Waals surface area contributed by atoms with Crippen LogP contribution in [-0.4, -0.2) is 30.4 Å². The molecule has 2 heterocycles. The van der Waals surface area contributed by atoms with Crippen LogP contribution in [0.15, 0.2) is 36.4 Å². The molecule has 0 amide bonds. The van der Waals surface area contributed by atoms with E-state index in [-0.39, 0.29) is 11.8 Å². The van der Waals surface area contributed by atoms with Gasteiger partial charge in [0.2, 0.25) is 5.75 Å². The Morgan fingerprint density at radius 2 is 1.76 bits per heavy atom. The van der Waals surface area contributed by atoms with Crippen LogP contribution in [-0.2, 0) is 6.42 Å². The van der Waals surface area contributed by atoms with Gasteiger partial charge in [0.05, 0.1) is 20.3 Å². The second-order valence-electron chi connectivity index (χ2n) is 6.54. The van der Waals surface area contributed by atoms with Crippen LogP contribution < -0.4 is 14.8 Å². The Labute approximate surface area is 146 Å². The average molecular weight is 338 g/mol. The van der Waals surface area contributed by atoms with Crippen molar-refractivity contribution >= 4 is 10.9 Å². The van der Waals surface area contributed by atoms with Crippen LogP contribution in [0.5, 0.6) is 17.2 Å². The highest BCUT2D eigenvalue weighted by Crippen LogP contribution is 2.42. The molecular formula is C20H22N2O3. The summed E-state index contributed by atoms with van der Waals surface area (Å²) in [6, 6.07) is 12.4. The van der Waals surface area contributed by atoms with Crippen molar-refractivity contribution < 1.29 is 14.6 Å². The molecule has 0 radical (unpaired) electrons. The zero-order valence-electron chi connectivity index (χ0n) is 14.6. The Kier molecular flexibility index (Phi) is 3.81. The topological polar surface area (TPSA) is 66.5 Å². The SMILES string of the molecule is COc1cc([C@H]2N[C@@H](C)Cc3c2[nH]c2ccccc32)cc(OC)c1O. The Morgan fingerprint density at radius 3 is 2.44 bits per heavy atom. The number of para-hydroxylation sites is 1. The molecule has 0 bridgehead atoms. The minimum absolute atomic E-state index is 0.0189. The lowest BCUT2D eigenvalue weighted by Crippen LogP contribution is -2.37. The van der Waals surface area contributed by atoms with Gasteiger partial charge in [0, 0.05) is 22.6 Å². The van der Waals surface area contributed by atoms with Gasteiger partial charge < -0.3 is 24.9 Å². The van der Waals surface area contributed by atoms with Crippen molar-refractivity contribution in [3.63, 3.8) is 0 Å². The third kappa shape index (κ3) is 2.51. The molecule has 0 unspecified atom stereocenters. The molecule has 1 aromatic heterocycles. The standard InChI is InChI=1S/C20H22N2O3/c1-11-8-14-13-6-4-5-7-15(13)22-19(14)18(21-11)12-9-16(24-2)20(23)17(10-12)25-3/h4-7,9-11,18,21-23H,8H2,1-3H3/t11-,18+/m0/s1. The van der Waals surface area contributed by atoms with Crippen molar-refractivity contribution in [1.82, 2.24) is 10.3 Å². The first-order valence-electron chi connectivity index (χ1n) is 8.42. The minimum atomic E-state index is -0.0189. The van der Waals surface area contributed by atoms with Crippen molar-refractivity contribution in [2.45, 2.75) is 25.4 Å². The first-order valence-corrected chi connectivity index (χ1v) is 8.42. The molecule has 1 aliphatic heterocycles. The molecule has 2 aromatic carbocycles. The van der Waals surface area contributed by atoms with Gasteiger partial charge in [0.1, 0.15) is 0 Å². The van der Waals surface area contributed by atoms with E-state index in [2.05, 4.69) is 35.4 Å². The number of hydrogen-bond donors (Lipinski definition) is 3. The van der Waals surface area contributed by atoms with Crippen molar-refractivity contribution in [2.24, 2.45) is 0 Å². The summed E-state index contributed by atoms with van der Waals surface area (Å²) in [5, 5.41) is 15.1. The van der Waals surface area contributed by atoms with E-state index in [1.54, 1.807) is 14.2 Å². The third-order valence-corrected chi connectivity index (χ3v) is 4.93. The molecule has 3 N–H and O–H groups in total. The number of phenols is 1. The second kappa shape index (κ2) is 6.01. The summed E-state index contributed by atoms with van der Waals surface area (Å²) in [6.07, 6.45) is 0.974. The van der Waals surface area contributed by atoms with E-state index in [9.17, 15) is 5.11 Å². The fraction of sp³-hybridized carbons (Fsp3) is 0.300. The summed E-state index contributed by atoms with van der Waals surface area (Å²) in [7, 11) is 3.09. The second-order valence-corrected chi connectivity index (χ2v) is 6.54. The number of rotatable bonds is 3. The zero-order chi connectivity index (χ0) is 17.6. The number of aromatic amines is 1. The van der Waals surface area contributed by atoms with Crippen LogP contribution in [0.4, 0.5) is 0 Å². The van der Waals surface area contributed by atoms with Gasteiger partial charge in [-0.3, -0.25) is 0 Å². The summed E-state index contributed by atoms with van der Waals surface area (Å²) >= 11 is 0. The summed E-state index contributed by atoms with van der Waals surface area (Å²) in [5.74, 6) is 0.841. The molecule has 0 saturated carbocycles. The van der Waals surface area contributed by atoms with Crippen molar-refractivity contribution in [3.8, 4) is 17.2 Å². The van der Waals surface area contributed by atoms with Gasteiger partial charge in [0.25, 0.3) is 0 Å². The maximum Gasteiger partial charge on any atom is 0.200 e. The number of H-pyrrole nitrogens is 1. The molecule has 4 rings (SSSR count). The first kappa shape index (κ1) is 15.8. The molecule has 25 heavy (non-hydrogen) atoms. The molecule has 0 aliphatic carbocycles. The molecule has 0 saturated heterocycles. The van der Waals surface area contributed by atoms with E-state index in [1.165, 1.54) is 10.9 Å². The van der Waals surface area contributed by atoms with Gasteiger partial charge in [-0.2, -0.15) is 0 Å². The molecule has 5 heteroatoms. The van der Waals surface area contributed by atoms with Gasteiger partial charge in [0.15, 0.2) is 11.5 Å². The Morgan fingerprint density at radius 1 is 1.08 bits per heavy atom. The fourth-order valence-electron chi connectivity index (χ4n) is 3.76. The van der Waals surface area contributed by atoms with Crippen molar-refractivity contribution in [3.05, 3.63) is 53.2 Å².